The number of hydrogen-bond acceptors (Lipinski definition) is 5. The summed E-state index contributed by atoms with van der Waals surface area (Å²) in [6.45, 7) is 0.294. The molecule has 0 fully saturated rings. The normalized spacial score (nSPS) is 16.7. The SMILES string of the molecule is O=C(O)CC1Sc2ccccc2N(Cc2nc3cccc(Cl)c3s2)C1=O. The summed E-state index contributed by atoms with van der Waals surface area (Å²) in [6, 6.07) is 13.1. The highest BCUT2D eigenvalue weighted by atomic mass is 35.5. The number of carboxylic acids is 1. The monoisotopic (exact) mass is 404 g/mol. The molecule has 1 atom stereocenters. The quantitative estimate of drug-likeness (QED) is 0.696. The van der Waals surface area contributed by atoms with Crippen LogP contribution in [0.4, 0.5) is 5.69 Å². The molecule has 0 aliphatic carbocycles. The number of carbonyl (C=O) groups is 2. The van der Waals surface area contributed by atoms with Gasteiger partial charge in [0.15, 0.2) is 0 Å². The van der Waals surface area contributed by atoms with E-state index in [0.29, 0.717) is 11.6 Å². The molecule has 1 N–H and O–H groups in total. The maximum Gasteiger partial charge on any atom is 0.305 e. The molecular weight excluding hydrogens is 392 g/mol. The molecule has 1 aliphatic rings. The molecule has 3 aromatic rings. The second kappa shape index (κ2) is 6.90. The fraction of sp³-hybridized carbons (Fsp3) is 0.167. The molecular formula is C18H13ClN2O3S2. The van der Waals surface area contributed by atoms with Crippen LogP contribution in [0, 0.1) is 0 Å². The second-order valence-corrected chi connectivity index (χ2v) is 8.53. The molecule has 4 rings (SSSR count). The lowest BCUT2D eigenvalue weighted by molar-refractivity contribution is -0.138. The Labute approximate surface area is 162 Å². The molecule has 0 radical (unpaired) electrons. The van der Waals surface area contributed by atoms with E-state index in [9.17, 15) is 9.59 Å². The number of halogens is 1. The van der Waals surface area contributed by atoms with Crippen molar-refractivity contribution in [2.24, 2.45) is 0 Å². The number of carbonyl (C=O) groups excluding carboxylic acids is 1. The van der Waals surface area contributed by atoms with Crippen molar-refractivity contribution in [3.8, 4) is 0 Å². The van der Waals surface area contributed by atoms with E-state index >= 15 is 0 Å². The van der Waals surface area contributed by atoms with Crippen molar-refractivity contribution in [1.82, 2.24) is 4.98 Å². The predicted octanol–water partition coefficient (Wildman–Crippen LogP) is 4.43. The number of amides is 1. The molecule has 1 aliphatic heterocycles. The van der Waals surface area contributed by atoms with Crippen molar-refractivity contribution in [2.45, 2.75) is 23.1 Å². The summed E-state index contributed by atoms with van der Waals surface area (Å²) in [5.41, 5.74) is 1.58. The summed E-state index contributed by atoms with van der Waals surface area (Å²) in [4.78, 5) is 31.1. The van der Waals surface area contributed by atoms with Gasteiger partial charge in [-0.1, -0.05) is 29.8 Å². The first-order valence-corrected chi connectivity index (χ1v) is 9.93. The van der Waals surface area contributed by atoms with Gasteiger partial charge in [0, 0.05) is 4.90 Å². The minimum absolute atomic E-state index is 0.207. The third kappa shape index (κ3) is 3.18. The first-order valence-electron chi connectivity index (χ1n) is 7.85. The summed E-state index contributed by atoms with van der Waals surface area (Å²) in [5.74, 6) is -1.19. The molecule has 8 heteroatoms. The predicted molar refractivity (Wildman–Crippen MR) is 104 cm³/mol. The molecule has 5 nitrogen and oxygen atoms in total. The minimum atomic E-state index is -0.984. The zero-order valence-corrected chi connectivity index (χ0v) is 15.8. The van der Waals surface area contributed by atoms with Crippen molar-refractivity contribution in [1.29, 1.82) is 0 Å². The Morgan fingerprint density at radius 1 is 1.23 bits per heavy atom. The number of nitrogens with zero attached hydrogens (tertiary/aromatic N) is 2. The lowest BCUT2D eigenvalue weighted by atomic mass is 10.2. The lowest BCUT2D eigenvalue weighted by Crippen LogP contribution is -2.41. The molecule has 0 spiro atoms. The van der Waals surface area contributed by atoms with Gasteiger partial charge in [0.25, 0.3) is 0 Å². The lowest BCUT2D eigenvalue weighted by Gasteiger charge is -2.32. The van der Waals surface area contributed by atoms with Gasteiger partial charge < -0.3 is 10.0 Å². The van der Waals surface area contributed by atoms with Crippen LogP contribution in [0.1, 0.15) is 11.4 Å². The van der Waals surface area contributed by atoms with E-state index in [0.717, 1.165) is 25.8 Å². The van der Waals surface area contributed by atoms with Gasteiger partial charge in [-0.15, -0.1) is 23.1 Å². The van der Waals surface area contributed by atoms with Crippen LogP contribution in [-0.2, 0) is 16.1 Å². The molecule has 132 valence electrons. The highest BCUT2D eigenvalue weighted by Gasteiger charge is 2.35. The van der Waals surface area contributed by atoms with Crippen LogP contribution in [0.15, 0.2) is 47.4 Å². The fourth-order valence-electron chi connectivity index (χ4n) is 2.89. The Kier molecular flexibility index (Phi) is 4.60. The molecule has 26 heavy (non-hydrogen) atoms. The number of anilines is 1. The summed E-state index contributed by atoms with van der Waals surface area (Å²) < 4.78 is 0.887. The highest BCUT2D eigenvalue weighted by Crippen LogP contribution is 2.41. The number of benzene rings is 2. The Bertz CT molecular complexity index is 1020. The number of fused-ring (bicyclic) bond motifs is 2. The van der Waals surface area contributed by atoms with Crippen LogP contribution in [0.5, 0.6) is 0 Å². The minimum Gasteiger partial charge on any atom is -0.481 e. The van der Waals surface area contributed by atoms with Gasteiger partial charge in [-0.25, -0.2) is 4.98 Å². The van der Waals surface area contributed by atoms with Gasteiger partial charge >= 0.3 is 5.97 Å². The Balaban J connectivity index is 1.71. The molecule has 0 bridgehead atoms. The van der Waals surface area contributed by atoms with E-state index < -0.39 is 11.2 Å². The van der Waals surface area contributed by atoms with Gasteiger partial charge in [-0.05, 0) is 24.3 Å². The fourth-order valence-corrected chi connectivity index (χ4v) is 5.35. The van der Waals surface area contributed by atoms with Crippen LogP contribution in [0.3, 0.4) is 0 Å². The zero-order chi connectivity index (χ0) is 18.3. The second-order valence-electron chi connectivity index (χ2n) is 5.79. The smallest absolute Gasteiger partial charge is 0.305 e. The van der Waals surface area contributed by atoms with Crippen LogP contribution in [-0.4, -0.2) is 27.2 Å². The van der Waals surface area contributed by atoms with E-state index in [-0.39, 0.29) is 12.3 Å². The maximum atomic E-state index is 12.9. The van der Waals surface area contributed by atoms with Gasteiger partial charge in [0.05, 0.1) is 39.1 Å². The van der Waals surface area contributed by atoms with Crippen molar-refractivity contribution in [3.05, 3.63) is 52.5 Å². The third-order valence-corrected chi connectivity index (χ3v) is 6.80. The molecule has 0 saturated heterocycles. The van der Waals surface area contributed by atoms with Gasteiger partial charge in [-0.2, -0.15) is 0 Å². The number of para-hydroxylation sites is 1. The molecule has 0 saturated carbocycles. The number of hydrogen-bond donors (Lipinski definition) is 1. The number of thiazole rings is 1. The zero-order valence-electron chi connectivity index (χ0n) is 13.4. The first-order chi connectivity index (χ1) is 12.5. The van der Waals surface area contributed by atoms with Gasteiger partial charge in [0.1, 0.15) is 5.01 Å². The van der Waals surface area contributed by atoms with Gasteiger partial charge in [0.2, 0.25) is 5.91 Å². The summed E-state index contributed by atoms with van der Waals surface area (Å²) in [6.07, 6.45) is -0.208. The van der Waals surface area contributed by atoms with Crippen LogP contribution >= 0.6 is 34.7 Å². The number of aromatic nitrogens is 1. The third-order valence-electron chi connectivity index (χ3n) is 4.03. The van der Waals surface area contributed by atoms with Crippen molar-refractivity contribution in [2.75, 3.05) is 4.90 Å². The van der Waals surface area contributed by atoms with Crippen LogP contribution < -0.4 is 4.90 Å². The Morgan fingerprint density at radius 3 is 2.81 bits per heavy atom. The topological polar surface area (TPSA) is 70.5 Å². The van der Waals surface area contributed by atoms with Crippen LogP contribution in [0.2, 0.25) is 5.02 Å². The van der Waals surface area contributed by atoms with Crippen molar-refractivity contribution < 1.29 is 14.7 Å². The van der Waals surface area contributed by atoms with Crippen LogP contribution in [0.25, 0.3) is 10.2 Å². The number of carboxylic acid groups (broad SMARTS) is 1. The van der Waals surface area contributed by atoms with E-state index in [1.807, 2.05) is 42.5 Å². The van der Waals surface area contributed by atoms with Crippen molar-refractivity contribution >= 4 is 62.5 Å². The number of rotatable bonds is 4. The van der Waals surface area contributed by atoms with E-state index in [1.165, 1.54) is 23.1 Å². The van der Waals surface area contributed by atoms with E-state index in [4.69, 9.17) is 16.7 Å². The summed E-state index contributed by atoms with van der Waals surface area (Å²) in [7, 11) is 0. The number of aliphatic carboxylic acids is 1. The molecule has 1 aromatic heterocycles. The first kappa shape index (κ1) is 17.3. The highest BCUT2D eigenvalue weighted by molar-refractivity contribution is 8.01. The van der Waals surface area contributed by atoms with E-state index in [2.05, 4.69) is 4.98 Å². The molecule has 1 unspecified atom stereocenters. The maximum absolute atomic E-state index is 12.9. The molecule has 1 amide bonds. The van der Waals surface area contributed by atoms with Crippen molar-refractivity contribution in [3.63, 3.8) is 0 Å². The largest absolute Gasteiger partial charge is 0.481 e. The average Bonchev–Trinajstić information content (AvgIpc) is 3.02. The van der Waals surface area contributed by atoms with Gasteiger partial charge in [-0.3, -0.25) is 9.59 Å². The average molecular weight is 405 g/mol. The molecule has 2 heterocycles. The summed E-state index contributed by atoms with van der Waals surface area (Å²) in [5, 5.41) is 9.88. The summed E-state index contributed by atoms with van der Waals surface area (Å²) >= 11 is 8.98. The number of thioether (sulfide) groups is 1. The Hall–Kier alpha value is -2.09. The Morgan fingerprint density at radius 2 is 2.04 bits per heavy atom. The standard InChI is InChI=1S/C18H13ClN2O3S2/c19-10-4-3-5-11-17(10)26-15(20-11)9-21-12-6-1-2-7-13(12)25-14(18(21)24)8-16(22)23/h1-7,14H,8-9H2,(H,22,23). The molecule has 2 aromatic carbocycles. The van der Waals surface area contributed by atoms with E-state index in [1.54, 1.807) is 4.90 Å².